The summed E-state index contributed by atoms with van der Waals surface area (Å²) >= 11 is 0. The number of rotatable bonds is 3. The van der Waals surface area contributed by atoms with Crippen LogP contribution in [0.2, 0.25) is 0 Å². The molecule has 0 aliphatic rings. The van der Waals surface area contributed by atoms with Gasteiger partial charge >= 0.3 is 0 Å². The normalized spacial score (nSPS) is 10.7. The SMILES string of the molecule is N#CC(=CCO)C(=O)Nc1ccc(F)cc1. The van der Waals surface area contributed by atoms with Crippen LogP contribution in [0.3, 0.4) is 0 Å². The van der Waals surface area contributed by atoms with Crippen LogP contribution >= 0.6 is 0 Å². The number of carbonyl (C=O) groups excluding carboxylic acids is 1. The van der Waals surface area contributed by atoms with Crippen molar-refractivity contribution in [3.8, 4) is 6.07 Å². The summed E-state index contributed by atoms with van der Waals surface area (Å²) in [5, 5.41) is 19.6. The van der Waals surface area contributed by atoms with Crippen molar-refractivity contribution in [3.63, 3.8) is 0 Å². The number of hydrogen-bond acceptors (Lipinski definition) is 3. The number of halogens is 1. The average Bonchev–Trinajstić information content (AvgIpc) is 2.29. The molecule has 4 nitrogen and oxygen atoms in total. The first-order valence-electron chi connectivity index (χ1n) is 4.45. The van der Waals surface area contributed by atoms with Crippen LogP contribution in [0, 0.1) is 17.1 Å². The molecule has 0 bridgehead atoms. The van der Waals surface area contributed by atoms with Gasteiger partial charge in [0, 0.05) is 5.69 Å². The Bertz CT molecular complexity index is 446. The molecule has 1 aromatic rings. The summed E-state index contributed by atoms with van der Waals surface area (Å²) in [7, 11) is 0. The van der Waals surface area contributed by atoms with Crippen molar-refractivity contribution < 1.29 is 14.3 Å². The molecule has 0 unspecified atom stereocenters. The molecule has 0 fully saturated rings. The Labute approximate surface area is 91.6 Å². The van der Waals surface area contributed by atoms with E-state index in [0.717, 1.165) is 6.08 Å². The van der Waals surface area contributed by atoms with E-state index >= 15 is 0 Å². The molecule has 1 aromatic carbocycles. The Morgan fingerprint density at radius 1 is 1.50 bits per heavy atom. The van der Waals surface area contributed by atoms with Gasteiger partial charge in [-0.2, -0.15) is 5.26 Å². The van der Waals surface area contributed by atoms with Gasteiger partial charge in [-0.3, -0.25) is 4.79 Å². The minimum atomic E-state index is -0.636. The van der Waals surface area contributed by atoms with E-state index in [4.69, 9.17) is 10.4 Å². The van der Waals surface area contributed by atoms with Crippen LogP contribution in [0.5, 0.6) is 0 Å². The average molecular weight is 220 g/mol. The van der Waals surface area contributed by atoms with Gasteiger partial charge in [0.15, 0.2) is 0 Å². The van der Waals surface area contributed by atoms with Crippen LogP contribution in [-0.2, 0) is 4.79 Å². The third kappa shape index (κ3) is 3.19. The van der Waals surface area contributed by atoms with Crippen molar-refractivity contribution in [2.75, 3.05) is 11.9 Å². The molecule has 2 N–H and O–H groups in total. The van der Waals surface area contributed by atoms with Gasteiger partial charge in [-0.25, -0.2) is 4.39 Å². The maximum atomic E-state index is 12.6. The minimum absolute atomic E-state index is 0.188. The second-order valence-electron chi connectivity index (χ2n) is 2.87. The molecule has 1 rings (SSSR count). The third-order valence-electron chi connectivity index (χ3n) is 1.76. The molecule has 16 heavy (non-hydrogen) atoms. The number of aliphatic hydroxyl groups excluding tert-OH is 1. The zero-order chi connectivity index (χ0) is 12.0. The van der Waals surface area contributed by atoms with Gasteiger partial charge in [0.2, 0.25) is 0 Å². The van der Waals surface area contributed by atoms with Crippen LogP contribution in [0.4, 0.5) is 10.1 Å². The van der Waals surface area contributed by atoms with E-state index in [9.17, 15) is 9.18 Å². The number of nitrogens with zero attached hydrogens (tertiary/aromatic N) is 1. The zero-order valence-electron chi connectivity index (χ0n) is 8.27. The summed E-state index contributed by atoms with van der Waals surface area (Å²) in [6.07, 6.45) is 1.10. The van der Waals surface area contributed by atoms with Crippen molar-refractivity contribution >= 4 is 11.6 Å². The summed E-state index contributed by atoms with van der Waals surface area (Å²) in [6, 6.07) is 6.79. The van der Waals surface area contributed by atoms with Crippen molar-refractivity contribution in [2.24, 2.45) is 0 Å². The predicted molar refractivity (Wildman–Crippen MR) is 55.8 cm³/mol. The van der Waals surface area contributed by atoms with Crippen LogP contribution in [0.15, 0.2) is 35.9 Å². The fraction of sp³-hybridized carbons (Fsp3) is 0.0909. The Hall–Kier alpha value is -2.19. The molecule has 82 valence electrons. The Balaban J connectivity index is 2.75. The number of anilines is 1. The standard InChI is InChI=1S/C11H9FN2O2/c12-9-1-3-10(4-2-9)14-11(16)8(7-13)5-6-15/h1-5,15H,6H2,(H,14,16). The van der Waals surface area contributed by atoms with E-state index in [2.05, 4.69) is 5.32 Å². The Morgan fingerprint density at radius 2 is 2.12 bits per heavy atom. The quantitative estimate of drug-likeness (QED) is 0.594. The molecule has 0 aliphatic carbocycles. The predicted octanol–water partition coefficient (Wildman–Crippen LogP) is 1.21. The van der Waals surface area contributed by atoms with Crippen LogP contribution in [-0.4, -0.2) is 17.6 Å². The highest BCUT2D eigenvalue weighted by Gasteiger charge is 2.08. The molecule has 0 heterocycles. The zero-order valence-corrected chi connectivity index (χ0v) is 8.27. The summed E-state index contributed by atoms with van der Waals surface area (Å²) < 4.78 is 12.6. The van der Waals surface area contributed by atoms with Gasteiger partial charge < -0.3 is 10.4 Å². The second-order valence-corrected chi connectivity index (χ2v) is 2.87. The van der Waals surface area contributed by atoms with E-state index in [-0.39, 0.29) is 12.2 Å². The van der Waals surface area contributed by atoms with Gasteiger partial charge in [0.1, 0.15) is 17.5 Å². The summed E-state index contributed by atoms with van der Waals surface area (Å²) in [5.74, 6) is -1.05. The fourth-order valence-corrected chi connectivity index (χ4v) is 1.01. The number of aliphatic hydroxyl groups is 1. The Morgan fingerprint density at radius 3 is 2.62 bits per heavy atom. The number of nitriles is 1. The molecule has 1 amide bonds. The molecule has 0 aliphatic heterocycles. The minimum Gasteiger partial charge on any atom is -0.392 e. The molecule has 0 radical (unpaired) electrons. The monoisotopic (exact) mass is 220 g/mol. The van der Waals surface area contributed by atoms with Gasteiger partial charge in [0.05, 0.1) is 6.61 Å². The molecule has 0 saturated heterocycles. The van der Waals surface area contributed by atoms with Gasteiger partial charge in [-0.1, -0.05) is 0 Å². The second kappa shape index (κ2) is 5.63. The fourth-order valence-electron chi connectivity index (χ4n) is 1.01. The lowest BCUT2D eigenvalue weighted by Gasteiger charge is -2.03. The molecule has 0 saturated carbocycles. The first-order chi connectivity index (χ1) is 7.67. The van der Waals surface area contributed by atoms with E-state index in [1.54, 1.807) is 6.07 Å². The highest BCUT2D eigenvalue weighted by molar-refractivity contribution is 6.06. The highest BCUT2D eigenvalue weighted by Crippen LogP contribution is 2.09. The third-order valence-corrected chi connectivity index (χ3v) is 1.76. The lowest BCUT2D eigenvalue weighted by molar-refractivity contribution is -0.112. The number of nitrogens with one attached hydrogen (secondary N) is 1. The van der Waals surface area contributed by atoms with Crippen molar-refractivity contribution in [1.29, 1.82) is 5.26 Å². The molecule has 0 atom stereocenters. The molecular weight excluding hydrogens is 211 g/mol. The molecule has 5 heteroatoms. The van der Waals surface area contributed by atoms with Gasteiger partial charge in [-0.05, 0) is 30.3 Å². The highest BCUT2D eigenvalue weighted by atomic mass is 19.1. The van der Waals surface area contributed by atoms with Gasteiger partial charge in [-0.15, -0.1) is 0 Å². The number of benzene rings is 1. The van der Waals surface area contributed by atoms with E-state index in [1.165, 1.54) is 24.3 Å². The first-order valence-corrected chi connectivity index (χ1v) is 4.45. The summed E-state index contributed by atoms with van der Waals surface area (Å²) in [6.45, 7) is -0.389. The smallest absolute Gasteiger partial charge is 0.266 e. The maximum absolute atomic E-state index is 12.6. The van der Waals surface area contributed by atoms with Gasteiger partial charge in [0.25, 0.3) is 5.91 Å². The first kappa shape index (κ1) is 11.9. The molecule has 0 spiro atoms. The number of carbonyl (C=O) groups is 1. The topological polar surface area (TPSA) is 73.1 Å². The number of amides is 1. The molecular formula is C11H9FN2O2. The Kier molecular flexibility index (Phi) is 4.18. The molecule has 0 aromatic heterocycles. The van der Waals surface area contributed by atoms with E-state index < -0.39 is 11.7 Å². The van der Waals surface area contributed by atoms with E-state index in [0.29, 0.717) is 5.69 Å². The summed E-state index contributed by atoms with van der Waals surface area (Å²) in [4.78, 5) is 11.4. The maximum Gasteiger partial charge on any atom is 0.266 e. The lowest BCUT2D eigenvalue weighted by Crippen LogP contribution is -2.13. The van der Waals surface area contributed by atoms with Crippen LogP contribution < -0.4 is 5.32 Å². The summed E-state index contributed by atoms with van der Waals surface area (Å²) in [5.41, 5.74) is 0.192. The number of hydrogen-bond donors (Lipinski definition) is 2. The van der Waals surface area contributed by atoms with Crippen molar-refractivity contribution in [3.05, 3.63) is 41.7 Å². The van der Waals surface area contributed by atoms with Crippen LogP contribution in [0.1, 0.15) is 0 Å². The van der Waals surface area contributed by atoms with E-state index in [1.807, 2.05) is 0 Å². The van der Waals surface area contributed by atoms with Crippen molar-refractivity contribution in [1.82, 2.24) is 0 Å². The van der Waals surface area contributed by atoms with Crippen molar-refractivity contribution in [2.45, 2.75) is 0 Å². The lowest BCUT2D eigenvalue weighted by atomic mass is 10.2. The largest absolute Gasteiger partial charge is 0.392 e. The van der Waals surface area contributed by atoms with Crippen LogP contribution in [0.25, 0.3) is 0 Å².